The predicted octanol–water partition coefficient (Wildman–Crippen LogP) is 4.18. The fourth-order valence-electron chi connectivity index (χ4n) is 3.79. The molecule has 0 unspecified atom stereocenters. The molecule has 198 valence electrons. The molecule has 1 N–H and O–H groups in total. The molecule has 7 nitrogen and oxygen atoms in total. The highest BCUT2D eigenvalue weighted by molar-refractivity contribution is 7.92. The number of anilines is 1. The molecule has 9 heteroatoms. The summed E-state index contributed by atoms with van der Waals surface area (Å²) in [5.74, 6) is -0.672. The van der Waals surface area contributed by atoms with E-state index in [0.29, 0.717) is 17.8 Å². The highest BCUT2D eigenvalue weighted by Gasteiger charge is 2.27. The van der Waals surface area contributed by atoms with Crippen molar-refractivity contribution in [2.75, 3.05) is 23.7 Å². The largest absolute Gasteiger partial charge is 0.354 e. The van der Waals surface area contributed by atoms with Crippen LogP contribution in [0.2, 0.25) is 0 Å². The maximum atomic E-state index is 13.4. The van der Waals surface area contributed by atoms with Gasteiger partial charge in [-0.05, 0) is 68.0 Å². The first kappa shape index (κ1) is 29.3. The predicted molar refractivity (Wildman–Crippen MR) is 142 cm³/mol. The summed E-state index contributed by atoms with van der Waals surface area (Å²) in [6.07, 6.45) is 1.48. The van der Waals surface area contributed by atoms with E-state index in [4.69, 9.17) is 0 Å². The van der Waals surface area contributed by atoms with Crippen LogP contribution >= 0.6 is 0 Å². The summed E-state index contributed by atoms with van der Waals surface area (Å²) >= 11 is 0. The number of hydrogen-bond donors (Lipinski definition) is 1. The molecule has 0 aliphatic heterocycles. The summed E-state index contributed by atoms with van der Waals surface area (Å²) in [6, 6.07) is 10.7. The lowest BCUT2D eigenvalue weighted by molar-refractivity contribution is -0.140. The summed E-state index contributed by atoms with van der Waals surface area (Å²) in [5.41, 5.74) is 3.05. The minimum absolute atomic E-state index is 0.0554. The van der Waals surface area contributed by atoms with Gasteiger partial charge in [-0.2, -0.15) is 0 Å². The molecule has 0 saturated heterocycles. The molecule has 0 saturated carbocycles. The Balaban J connectivity index is 2.18. The van der Waals surface area contributed by atoms with E-state index in [2.05, 4.69) is 5.32 Å². The quantitative estimate of drug-likeness (QED) is 0.456. The monoisotopic (exact) mass is 519 g/mol. The van der Waals surface area contributed by atoms with E-state index in [-0.39, 0.29) is 49.5 Å². The number of carbonyl (C=O) groups excluding carboxylic acids is 2. The van der Waals surface area contributed by atoms with Gasteiger partial charge in [-0.15, -0.1) is 0 Å². The molecule has 2 aromatic carbocycles. The number of benzene rings is 2. The Kier molecular flexibility index (Phi) is 10.5. The molecule has 2 aromatic rings. The van der Waals surface area contributed by atoms with Crippen LogP contribution in [0.4, 0.5) is 10.1 Å². The Bertz CT molecular complexity index is 1150. The van der Waals surface area contributed by atoms with E-state index in [1.54, 1.807) is 19.1 Å². The van der Waals surface area contributed by atoms with Gasteiger partial charge >= 0.3 is 0 Å². The van der Waals surface area contributed by atoms with Crippen molar-refractivity contribution >= 4 is 27.5 Å². The van der Waals surface area contributed by atoms with Gasteiger partial charge in [-0.1, -0.05) is 38.1 Å². The minimum atomic E-state index is -3.56. The van der Waals surface area contributed by atoms with Crippen molar-refractivity contribution in [3.05, 3.63) is 65.0 Å². The van der Waals surface area contributed by atoms with Crippen LogP contribution in [0.5, 0.6) is 0 Å². The molecular weight excluding hydrogens is 481 g/mol. The summed E-state index contributed by atoms with van der Waals surface area (Å²) in [7, 11) is -3.56. The number of carbonyl (C=O) groups is 2. The second kappa shape index (κ2) is 12.9. The maximum absolute atomic E-state index is 13.4. The van der Waals surface area contributed by atoms with E-state index >= 15 is 0 Å². The zero-order valence-corrected chi connectivity index (χ0v) is 22.9. The number of nitrogens with zero attached hydrogens (tertiary/aromatic N) is 2. The van der Waals surface area contributed by atoms with E-state index in [0.717, 1.165) is 17.4 Å². The summed E-state index contributed by atoms with van der Waals surface area (Å²) < 4.78 is 39.8. The molecule has 0 bridgehead atoms. The standard InChI is InChI=1S/C27H38FN3O4S/c1-19(2)17-29-27(33)22(5)30(18-23-11-13-24(28)14-12-23)26(32)8-7-15-31(36(6,34)35)25-16-20(3)9-10-21(25)4/h9-14,16,19,22H,7-8,15,17-18H2,1-6H3,(H,29,33)/t22-/m1/s1. The Hall–Kier alpha value is -2.94. The lowest BCUT2D eigenvalue weighted by atomic mass is 10.1. The van der Waals surface area contributed by atoms with E-state index in [1.165, 1.54) is 21.3 Å². The Morgan fingerprint density at radius 3 is 2.25 bits per heavy atom. The SMILES string of the molecule is Cc1ccc(C)c(N(CCCC(=O)N(Cc2ccc(F)cc2)[C@H](C)C(=O)NCC(C)C)S(C)(=O)=O)c1. The van der Waals surface area contributed by atoms with Crippen molar-refractivity contribution in [1.82, 2.24) is 10.2 Å². The zero-order valence-electron chi connectivity index (χ0n) is 22.0. The van der Waals surface area contributed by atoms with Gasteiger partial charge in [-0.25, -0.2) is 12.8 Å². The molecule has 2 amide bonds. The average molecular weight is 520 g/mol. The highest BCUT2D eigenvalue weighted by Crippen LogP contribution is 2.24. The van der Waals surface area contributed by atoms with E-state index < -0.39 is 16.1 Å². The summed E-state index contributed by atoms with van der Waals surface area (Å²) in [5, 5.41) is 2.86. The average Bonchev–Trinajstić information content (AvgIpc) is 2.80. The molecule has 2 rings (SSSR count). The number of nitrogens with one attached hydrogen (secondary N) is 1. The van der Waals surface area contributed by atoms with Crippen molar-refractivity contribution in [1.29, 1.82) is 0 Å². The Morgan fingerprint density at radius 2 is 1.67 bits per heavy atom. The van der Waals surface area contributed by atoms with Crippen molar-refractivity contribution in [2.45, 2.75) is 60.0 Å². The summed E-state index contributed by atoms with van der Waals surface area (Å²) in [6.45, 7) is 10.1. The topological polar surface area (TPSA) is 86.8 Å². The molecule has 0 spiro atoms. The molecule has 36 heavy (non-hydrogen) atoms. The van der Waals surface area contributed by atoms with E-state index in [1.807, 2.05) is 45.9 Å². The van der Waals surface area contributed by atoms with Gasteiger partial charge in [-0.3, -0.25) is 13.9 Å². The van der Waals surface area contributed by atoms with Crippen LogP contribution in [0.25, 0.3) is 0 Å². The molecule has 0 radical (unpaired) electrons. The molecule has 0 aliphatic carbocycles. The number of amides is 2. The van der Waals surface area contributed by atoms with Gasteiger partial charge < -0.3 is 10.2 Å². The van der Waals surface area contributed by atoms with Gasteiger partial charge in [0.2, 0.25) is 21.8 Å². The molecule has 1 atom stereocenters. The van der Waals surface area contributed by atoms with Crippen molar-refractivity contribution in [2.24, 2.45) is 5.92 Å². The first-order chi connectivity index (χ1) is 16.8. The van der Waals surface area contributed by atoms with Crippen molar-refractivity contribution in [3.8, 4) is 0 Å². The lowest BCUT2D eigenvalue weighted by Gasteiger charge is -2.30. The third kappa shape index (κ3) is 8.62. The molecular formula is C27H38FN3O4S. The number of halogens is 1. The third-order valence-corrected chi connectivity index (χ3v) is 7.08. The van der Waals surface area contributed by atoms with Gasteiger partial charge in [0.15, 0.2) is 0 Å². The molecule has 0 aliphatic rings. The van der Waals surface area contributed by atoms with Gasteiger partial charge in [0.05, 0.1) is 11.9 Å². The second-order valence-corrected chi connectivity index (χ2v) is 11.6. The second-order valence-electron chi connectivity index (χ2n) is 9.69. The fraction of sp³-hybridized carbons (Fsp3) is 0.481. The number of hydrogen-bond acceptors (Lipinski definition) is 4. The minimum Gasteiger partial charge on any atom is -0.354 e. The van der Waals surface area contributed by atoms with Crippen LogP contribution in [-0.4, -0.2) is 50.5 Å². The van der Waals surface area contributed by atoms with Crippen LogP contribution in [0.15, 0.2) is 42.5 Å². The Morgan fingerprint density at radius 1 is 1.03 bits per heavy atom. The van der Waals surface area contributed by atoms with Crippen LogP contribution < -0.4 is 9.62 Å². The number of sulfonamides is 1. The Labute approximate surface area is 214 Å². The first-order valence-electron chi connectivity index (χ1n) is 12.2. The lowest BCUT2D eigenvalue weighted by Crippen LogP contribution is -2.48. The van der Waals surface area contributed by atoms with E-state index in [9.17, 15) is 22.4 Å². The number of rotatable bonds is 12. The first-order valence-corrected chi connectivity index (χ1v) is 14.0. The van der Waals surface area contributed by atoms with Crippen LogP contribution in [0.1, 0.15) is 50.3 Å². The van der Waals surface area contributed by atoms with Gasteiger partial charge in [0.1, 0.15) is 11.9 Å². The van der Waals surface area contributed by atoms with Gasteiger partial charge in [0.25, 0.3) is 0 Å². The maximum Gasteiger partial charge on any atom is 0.242 e. The number of aryl methyl sites for hydroxylation is 2. The third-order valence-electron chi connectivity index (χ3n) is 5.90. The molecule has 0 heterocycles. The van der Waals surface area contributed by atoms with Gasteiger partial charge in [0, 0.05) is 26.1 Å². The van der Waals surface area contributed by atoms with Crippen LogP contribution in [-0.2, 0) is 26.2 Å². The van der Waals surface area contributed by atoms with Crippen molar-refractivity contribution in [3.63, 3.8) is 0 Å². The van der Waals surface area contributed by atoms with Crippen LogP contribution in [0.3, 0.4) is 0 Å². The molecule has 0 fully saturated rings. The normalized spacial score (nSPS) is 12.3. The zero-order chi connectivity index (χ0) is 27.0. The molecule has 0 aromatic heterocycles. The van der Waals surface area contributed by atoms with Crippen molar-refractivity contribution < 1.29 is 22.4 Å². The smallest absolute Gasteiger partial charge is 0.242 e. The summed E-state index contributed by atoms with van der Waals surface area (Å²) in [4.78, 5) is 27.5. The highest BCUT2D eigenvalue weighted by atomic mass is 32.2. The van der Waals surface area contributed by atoms with Crippen LogP contribution in [0, 0.1) is 25.6 Å². The fourth-order valence-corrected chi connectivity index (χ4v) is 4.81.